The Balaban J connectivity index is 3.30. The predicted octanol–water partition coefficient (Wildman–Crippen LogP) is 3.25. The quantitative estimate of drug-likeness (QED) is 0.724. The third-order valence-corrected chi connectivity index (χ3v) is 6.38. The third-order valence-electron chi connectivity index (χ3n) is 2.27. The van der Waals surface area contributed by atoms with Gasteiger partial charge in [-0.3, -0.25) is 0 Å². The van der Waals surface area contributed by atoms with Crippen LogP contribution in [0, 0.1) is 0 Å². The second-order valence-corrected chi connectivity index (χ2v) is 6.74. The van der Waals surface area contributed by atoms with E-state index in [1.54, 1.807) is 18.2 Å². The van der Waals surface area contributed by atoms with Crippen LogP contribution >= 0.6 is 23.2 Å². The molecule has 0 aliphatic rings. The fourth-order valence-electron chi connectivity index (χ4n) is 1.70. The largest absolute Gasteiger partial charge is 0.540 e. The highest BCUT2D eigenvalue weighted by Crippen LogP contribution is 2.22. The first kappa shape index (κ1) is 16.0. The normalized spacial score (nSPS) is 11.8. The van der Waals surface area contributed by atoms with Gasteiger partial charge in [0.05, 0.1) is 5.19 Å². The molecule has 18 heavy (non-hydrogen) atoms. The fraction of sp³-hybridized carbons (Fsp3) is 0.500. The maximum atomic E-state index is 6.23. The molecular weight excluding hydrogens is 291 g/mol. The van der Waals surface area contributed by atoms with Crippen LogP contribution in [0.2, 0.25) is 10.0 Å². The summed E-state index contributed by atoms with van der Waals surface area (Å²) >= 11 is 12.5. The molecule has 0 aromatic heterocycles. The summed E-state index contributed by atoms with van der Waals surface area (Å²) in [6.07, 6.45) is 0. The lowest BCUT2D eigenvalue weighted by molar-refractivity contribution is 0.0859. The first-order chi connectivity index (χ1) is 8.61. The Morgan fingerprint density at radius 3 is 1.61 bits per heavy atom. The highest BCUT2D eigenvalue weighted by molar-refractivity contribution is 6.79. The molecular formula is C12H18Cl2O3Si. The van der Waals surface area contributed by atoms with Crippen molar-refractivity contribution in [2.45, 2.75) is 20.8 Å². The van der Waals surface area contributed by atoms with E-state index in [-0.39, 0.29) is 0 Å². The molecule has 0 aliphatic carbocycles. The first-order valence-corrected chi connectivity index (χ1v) is 8.45. The summed E-state index contributed by atoms with van der Waals surface area (Å²) in [4.78, 5) is 0. The van der Waals surface area contributed by atoms with Gasteiger partial charge in [0.25, 0.3) is 0 Å². The molecule has 1 aromatic rings. The van der Waals surface area contributed by atoms with Gasteiger partial charge in [-0.15, -0.1) is 0 Å². The summed E-state index contributed by atoms with van der Waals surface area (Å²) in [5.41, 5.74) is 0. The molecule has 1 rings (SSSR count). The standard InChI is InChI=1S/C12H18Cl2O3Si/c1-4-15-18(16-5-2,17-6-3)12-10(13)8-7-9-11(12)14/h7-9H,4-6H2,1-3H3. The smallest absolute Gasteiger partial charge is 0.370 e. The molecule has 0 unspecified atom stereocenters. The van der Waals surface area contributed by atoms with E-state index in [4.69, 9.17) is 36.5 Å². The van der Waals surface area contributed by atoms with Crippen molar-refractivity contribution >= 4 is 37.2 Å². The number of benzene rings is 1. The first-order valence-electron chi connectivity index (χ1n) is 5.97. The second kappa shape index (κ2) is 7.48. The maximum Gasteiger partial charge on any atom is 0.540 e. The molecule has 6 heteroatoms. The highest BCUT2D eigenvalue weighted by atomic mass is 35.5. The van der Waals surface area contributed by atoms with Crippen molar-refractivity contribution in [3.05, 3.63) is 28.2 Å². The monoisotopic (exact) mass is 308 g/mol. The fourth-order valence-corrected chi connectivity index (χ4v) is 5.37. The minimum absolute atomic E-state index is 0.480. The molecule has 0 heterocycles. The maximum absolute atomic E-state index is 6.23. The van der Waals surface area contributed by atoms with Crippen LogP contribution in [0.3, 0.4) is 0 Å². The van der Waals surface area contributed by atoms with Gasteiger partial charge in [-0.2, -0.15) is 0 Å². The Bertz CT molecular complexity index is 350. The topological polar surface area (TPSA) is 27.7 Å². The van der Waals surface area contributed by atoms with Crippen molar-refractivity contribution in [2.75, 3.05) is 19.8 Å². The molecule has 1 aromatic carbocycles. The van der Waals surface area contributed by atoms with Crippen LogP contribution in [0.15, 0.2) is 18.2 Å². The van der Waals surface area contributed by atoms with Gasteiger partial charge in [-0.05, 0) is 32.9 Å². The zero-order chi connectivity index (χ0) is 13.6. The van der Waals surface area contributed by atoms with Crippen LogP contribution in [0.1, 0.15) is 20.8 Å². The van der Waals surface area contributed by atoms with Crippen LogP contribution < -0.4 is 5.19 Å². The molecule has 0 N–H and O–H groups in total. The predicted molar refractivity (Wildman–Crippen MR) is 76.7 cm³/mol. The molecule has 0 spiro atoms. The summed E-state index contributed by atoms with van der Waals surface area (Å²) in [6, 6.07) is 5.32. The van der Waals surface area contributed by atoms with Gasteiger partial charge in [0.2, 0.25) is 0 Å². The lowest BCUT2D eigenvalue weighted by atomic mass is 10.4. The Morgan fingerprint density at radius 2 is 1.28 bits per heavy atom. The van der Waals surface area contributed by atoms with E-state index in [0.717, 1.165) is 0 Å². The SMILES string of the molecule is CCO[Si](OCC)(OCC)c1c(Cl)cccc1Cl. The number of halogens is 2. The molecule has 0 radical (unpaired) electrons. The van der Waals surface area contributed by atoms with Gasteiger partial charge in [0, 0.05) is 29.9 Å². The average Bonchev–Trinajstić information content (AvgIpc) is 2.29. The minimum Gasteiger partial charge on any atom is -0.370 e. The van der Waals surface area contributed by atoms with Gasteiger partial charge in [-0.1, -0.05) is 29.3 Å². The summed E-state index contributed by atoms with van der Waals surface area (Å²) in [5.74, 6) is 0. The van der Waals surface area contributed by atoms with Crippen molar-refractivity contribution in [3.63, 3.8) is 0 Å². The van der Waals surface area contributed by atoms with E-state index < -0.39 is 8.80 Å². The van der Waals surface area contributed by atoms with Crippen molar-refractivity contribution in [3.8, 4) is 0 Å². The van der Waals surface area contributed by atoms with Crippen molar-refractivity contribution < 1.29 is 13.3 Å². The van der Waals surface area contributed by atoms with Crippen LogP contribution in [0.4, 0.5) is 0 Å². The van der Waals surface area contributed by atoms with Gasteiger partial charge in [0.1, 0.15) is 0 Å². The van der Waals surface area contributed by atoms with E-state index in [1.165, 1.54) is 0 Å². The lowest BCUT2D eigenvalue weighted by Crippen LogP contribution is -2.57. The van der Waals surface area contributed by atoms with Gasteiger partial charge < -0.3 is 13.3 Å². The van der Waals surface area contributed by atoms with Crippen LogP contribution in [-0.4, -0.2) is 28.6 Å². The average molecular weight is 309 g/mol. The molecule has 0 saturated heterocycles. The van der Waals surface area contributed by atoms with Gasteiger partial charge in [-0.25, -0.2) is 0 Å². The molecule has 0 fully saturated rings. The molecule has 0 aliphatic heterocycles. The minimum atomic E-state index is -3.02. The van der Waals surface area contributed by atoms with Crippen LogP contribution in [-0.2, 0) is 13.3 Å². The summed E-state index contributed by atoms with van der Waals surface area (Å²) in [7, 11) is -3.02. The summed E-state index contributed by atoms with van der Waals surface area (Å²) < 4.78 is 17.4. The van der Waals surface area contributed by atoms with Gasteiger partial charge >= 0.3 is 8.80 Å². The highest BCUT2D eigenvalue weighted by Gasteiger charge is 2.46. The molecule has 102 valence electrons. The Morgan fingerprint density at radius 1 is 0.889 bits per heavy atom. The van der Waals surface area contributed by atoms with Crippen molar-refractivity contribution in [2.24, 2.45) is 0 Å². The molecule has 0 saturated carbocycles. The van der Waals surface area contributed by atoms with E-state index >= 15 is 0 Å². The number of hydrogen-bond acceptors (Lipinski definition) is 3. The van der Waals surface area contributed by atoms with Crippen LogP contribution in [0.5, 0.6) is 0 Å². The molecule has 0 bridgehead atoms. The Hall–Kier alpha value is -0.103. The zero-order valence-electron chi connectivity index (χ0n) is 10.8. The van der Waals surface area contributed by atoms with Crippen molar-refractivity contribution in [1.82, 2.24) is 0 Å². The molecule has 3 nitrogen and oxygen atoms in total. The van der Waals surface area contributed by atoms with E-state index in [9.17, 15) is 0 Å². The van der Waals surface area contributed by atoms with E-state index in [0.29, 0.717) is 35.1 Å². The number of rotatable bonds is 7. The summed E-state index contributed by atoms with van der Waals surface area (Å²) in [6.45, 7) is 7.12. The molecule has 0 atom stereocenters. The third kappa shape index (κ3) is 3.47. The second-order valence-electron chi connectivity index (χ2n) is 3.45. The van der Waals surface area contributed by atoms with E-state index in [2.05, 4.69) is 0 Å². The van der Waals surface area contributed by atoms with Crippen molar-refractivity contribution in [1.29, 1.82) is 0 Å². The van der Waals surface area contributed by atoms with E-state index in [1.807, 2.05) is 20.8 Å². The molecule has 0 amide bonds. The summed E-state index contributed by atoms with van der Waals surface area (Å²) in [5, 5.41) is 1.69. The Labute approximate surface area is 119 Å². The lowest BCUT2D eigenvalue weighted by Gasteiger charge is -2.29. The number of hydrogen-bond donors (Lipinski definition) is 0. The van der Waals surface area contributed by atoms with Gasteiger partial charge in [0.15, 0.2) is 0 Å². The Kier molecular flexibility index (Phi) is 6.63. The zero-order valence-corrected chi connectivity index (χ0v) is 13.3. The van der Waals surface area contributed by atoms with Crippen LogP contribution in [0.25, 0.3) is 0 Å².